The molecule has 4 heteroatoms. The first-order valence-electron chi connectivity index (χ1n) is 4.89. The van der Waals surface area contributed by atoms with Crippen LogP contribution in [0.1, 0.15) is 19.3 Å². The molecule has 0 aromatic rings. The summed E-state index contributed by atoms with van der Waals surface area (Å²) >= 11 is 0. The molecule has 1 aliphatic carbocycles. The standard InChI is InChI=1S/C10H14N2O2/c11-9(14)8-3-1-6-12(8)10(7-13)4-2-5-10/h1,3,7-8H,2,4-6H2,(H2,11,14). The monoisotopic (exact) mass is 194 g/mol. The highest BCUT2D eigenvalue weighted by molar-refractivity contribution is 5.83. The Morgan fingerprint density at radius 1 is 1.57 bits per heavy atom. The molecule has 1 atom stereocenters. The molecule has 1 aliphatic heterocycles. The fourth-order valence-electron chi connectivity index (χ4n) is 2.24. The number of rotatable bonds is 3. The third-order valence-electron chi connectivity index (χ3n) is 3.26. The molecule has 2 N–H and O–H groups in total. The van der Waals surface area contributed by atoms with E-state index in [0.717, 1.165) is 25.5 Å². The van der Waals surface area contributed by atoms with Gasteiger partial charge in [0.1, 0.15) is 12.3 Å². The molecule has 2 aliphatic rings. The van der Waals surface area contributed by atoms with Crippen molar-refractivity contribution in [1.82, 2.24) is 4.90 Å². The molecule has 0 aromatic heterocycles. The lowest BCUT2D eigenvalue weighted by molar-refractivity contribution is -0.131. The van der Waals surface area contributed by atoms with Gasteiger partial charge < -0.3 is 10.5 Å². The smallest absolute Gasteiger partial charge is 0.238 e. The van der Waals surface area contributed by atoms with Crippen LogP contribution in [-0.4, -0.2) is 35.2 Å². The maximum Gasteiger partial charge on any atom is 0.238 e. The molecule has 0 radical (unpaired) electrons. The molecule has 0 bridgehead atoms. The predicted molar refractivity (Wildman–Crippen MR) is 51.5 cm³/mol. The Hall–Kier alpha value is -1.16. The number of primary amides is 1. The summed E-state index contributed by atoms with van der Waals surface area (Å²) in [5, 5.41) is 0. The molecule has 1 unspecified atom stereocenters. The van der Waals surface area contributed by atoms with E-state index in [9.17, 15) is 9.59 Å². The van der Waals surface area contributed by atoms with Crippen molar-refractivity contribution in [1.29, 1.82) is 0 Å². The summed E-state index contributed by atoms with van der Waals surface area (Å²) in [5.41, 5.74) is 4.86. The Bertz CT molecular complexity index is 294. The van der Waals surface area contributed by atoms with Crippen LogP contribution in [0.4, 0.5) is 0 Å². The van der Waals surface area contributed by atoms with Crippen LogP contribution in [0.3, 0.4) is 0 Å². The van der Waals surface area contributed by atoms with E-state index in [4.69, 9.17) is 5.73 Å². The quantitative estimate of drug-likeness (QED) is 0.501. The molecule has 0 aromatic carbocycles. The van der Waals surface area contributed by atoms with Crippen molar-refractivity contribution in [3.63, 3.8) is 0 Å². The van der Waals surface area contributed by atoms with E-state index >= 15 is 0 Å². The summed E-state index contributed by atoms with van der Waals surface area (Å²) in [4.78, 5) is 24.1. The average molecular weight is 194 g/mol. The van der Waals surface area contributed by atoms with Gasteiger partial charge in [-0.2, -0.15) is 0 Å². The SMILES string of the molecule is NC(=O)C1C=CCN1C1(C=O)CCC1. The minimum absolute atomic E-state index is 0.369. The highest BCUT2D eigenvalue weighted by atomic mass is 16.1. The largest absolute Gasteiger partial charge is 0.368 e. The second kappa shape index (κ2) is 3.20. The molecule has 1 fully saturated rings. The summed E-state index contributed by atoms with van der Waals surface area (Å²) in [6.07, 6.45) is 7.41. The molecular formula is C10H14N2O2. The van der Waals surface area contributed by atoms with Crippen molar-refractivity contribution in [2.45, 2.75) is 30.8 Å². The number of carbonyl (C=O) groups is 2. The Kier molecular flexibility index (Phi) is 2.15. The van der Waals surface area contributed by atoms with Gasteiger partial charge in [-0.05, 0) is 19.3 Å². The molecule has 0 saturated heterocycles. The van der Waals surface area contributed by atoms with E-state index in [1.807, 2.05) is 11.0 Å². The van der Waals surface area contributed by atoms with Gasteiger partial charge in [0.2, 0.25) is 5.91 Å². The molecule has 4 nitrogen and oxygen atoms in total. The van der Waals surface area contributed by atoms with Crippen LogP contribution >= 0.6 is 0 Å². The van der Waals surface area contributed by atoms with Crippen LogP contribution in [0.2, 0.25) is 0 Å². The van der Waals surface area contributed by atoms with Crippen LogP contribution < -0.4 is 5.73 Å². The van der Waals surface area contributed by atoms with Crippen LogP contribution in [0.5, 0.6) is 0 Å². The van der Waals surface area contributed by atoms with E-state index in [2.05, 4.69) is 0 Å². The van der Waals surface area contributed by atoms with Gasteiger partial charge in [0.15, 0.2) is 0 Å². The topological polar surface area (TPSA) is 63.4 Å². The van der Waals surface area contributed by atoms with Crippen molar-refractivity contribution in [2.24, 2.45) is 5.73 Å². The van der Waals surface area contributed by atoms with Gasteiger partial charge >= 0.3 is 0 Å². The number of nitrogens with zero attached hydrogens (tertiary/aromatic N) is 1. The third kappa shape index (κ3) is 1.18. The zero-order chi connectivity index (χ0) is 10.2. The van der Waals surface area contributed by atoms with E-state index in [1.165, 1.54) is 0 Å². The van der Waals surface area contributed by atoms with Crippen molar-refractivity contribution < 1.29 is 9.59 Å². The Labute approximate surface area is 82.7 Å². The maximum absolute atomic E-state index is 11.1. The number of carbonyl (C=O) groups excluding carboxylic acids is 2. The molecule has 1 amide bonds. The second-order valence-corrected chi connectivity index (χ2v) is 4.00. The maximum atomic E-state index is 11.1. The van der Waals surface area contributed by atoms with E-state index < -0.39 is 5.54 Å². The first-order chi connectivity index (χ1) is 6.69. The Morgan fingerprint density at radius 2 is 2.29 bits per heavy atom. The van der Waals surface area contributed by atoms with Gasteiger partial charge in [-0.15, -0.1) is 0 Å². The summed E-state index contributed by atoms with van der Waals surface area (Å²) < 4.78 is 0. The van der Waals surface area contributed by atoms with Gasteiger partial charge in [0.05, 0.1) is 5.54 Å². The normalized spacial score (nSPS) is 29.9. The molecule has 0 spiro atoms. The van der Waals surface area contributed by atoms with E-state index in [-0.39, 0.29) is 11.9 Å². The fourth-order valence-corrected chi connectivity index (χ4v) is 2.24. The number of hydrogen-bond donors (Lipinski definition) is 1. The molecule has 1 heterocycles. The molecule has 14 heavy (non-hydrogen) atoms. The van der Waals surface area contributed by atoms with Crippen LogP contribution in [0.15, 0.2) is 12.2 Å². The molecular weight excluding hydrogens is 180 g/mol. The van der Waals surface area contributed by atoms with Gasteiger partial charge in [-0.3, -0.25) is 9.69 Å². The fraction of sp³-hybridized carbons (Fsp3) is 0.600. The molecule has 1 saturated carbocycles. The average Bonchev–Trinajstić information content (AvgIpc) is 2.52. The first-order valence-corrected chi connectivity index (χ1v) is 4.89. The van der Waals surface area contributed by atoms with Gasteiger partial charge in [0.25, 0.3) is 0 Å². The van der Waals surface area contributed by atoms with Crippen molar-refractivity contribution >= 4 is 12.2 Å². The minimum atomic E-state index is -0.413. The van der Waals surface area contributed by atoms with Crippen LogP contribution in [0, 0.1) is 0 Å². The zero-order valence-corrected chi connectivity index (χ0v) is 7.98. The van der Waals surface area contributed by atoms with Crippen LogP contribution in [-0.2, 0) is 9.59 Å². The Morgan fingerprint density at radius 3 is 2.71 bits per heavy atom. The summed E-state index contributed by atoms with van der Waals surface area (Å²) in [6, 6.07) is -0.388. The highest BCUT2D eigenvalue weighted by Crippen LogP contribution is 2.38. The van der Waals surface area contributed by atoms with Crippen LogP contribution in [0.25, 0.3) is 0 Å². The van der Waals surface area contributed by atoms with Crippen molar-refractivity contribution in [2.75, 3.05) is 6.54 Å². The first kappa shape index (κ1) is 9.40. The minimum Gasteiger partial charge on any atom is -0.368 e. The van der Waals surface area contributed by atoms with E-state index in [0.29, 0.717) is 6.54 Å². The van der Waals surface area contributed by atoms with Gasteiger partial charge in [0, 0.05) is 6.54 Å². The number of nitrogens with two attached hydrogens (primary N) is 1. The third-order valence-corrected chi connectivity index (χ3v) is 3.26. The summed E-state index contributed by atoms with van der Waals surface area (Å²) in [5.74, 6) is -0.369. The summed E-state index contributed by atoms with van der Waals surface area (Å²) in [6.45, 7) is 0.659. The lowest BCUT2D eigenvalue weighted by atomic mass is 9.76. The number of hydrogen-bond acceptors (Lipinski definition) is 3. The van der Waals surface area contributed by atoms with Gasteiger partial charge in [-0.1, -0.05) is 12.2 Å². The predicted octanol–water partition coefficient (Wildman–Crippen LogP) is -0.166. The van der Waals surface area contributed by atoms with Gasteiger partial charge in [-0.25, -0.2) is 0 Å². The van der Waals surface area contributed by atoms with Crippen molar-refractivity contribution in [3.05, 3.63) is 12.2 Å². The highest BCUT2D eigenvalue weighted by Gasteiger charge is 2.46. The lowest BCUT2D eigenvalue weighted by Crippen LogP contribution is -2.59. The number of aldehydes is 1. The van der Waals surface area contributed by atoms with Crippen molar-refractivity contribution in [3.8, 4) is 0 Å². The molecule has 76 valence electrons. The lowest BCUT2D eigenvalue weighted by Gasteiger charge is -2.46. The number of amides is 1. The molecule has 2 rings (SSSR count). The summed E-state index contributed by atoms with van der Waals surface area (Å²) in [7, 11) is 0. The Balaban J connectivity index is 2.18. The zero-order valence-electron chi connectivity index (χ0n) is 7.98. The van der Waals surface area contributed by atoms with E-state index in [1.54, 1.807) is 6.08 Å². The second-order valence-electron chi connectivity index (χ2n) is 4.00.